The first-order valence-electron chi connectivity index (χ1n) is 10.3. The maximum atomic E-state index is 11.7. The molecule has 6 nitrogen and oxygen atoms in total. The number of hydrogen-bond acceptors (Lipinski definition) is 5. The lowest BCUT2D eigenvalue weighted by atomic mass is 9.85. The molecular weight excluding hydrogens is 376 g/mol. The zero-order valence-electron chi connectivity index (χ0n) is 17.4. The number of carbonyl (C=O) groups is 1. The molecule has 4 rings (SSSR count). The van der Waals surface area contributed by atoms with Crippen LogP contribution in [-0.4, -0.2) is 42.5 Å². The monoisotopic (exact) mass is 402 g/mol. The van der Waals surface area contributed by atoms with Crippen LogP contribution in [0.5, 0.6) is 5.75 Å². The Morgan fingerprint density at radius 1 is 1.30 bits per heavy atom. The second kappa shape index (κ2) is 8.68. The average molecular weight is 402 g/mol. The molecule has 1 saturated heterocycles. The molecule has 2 aromatic rings. The van der Waals surface area contributed by atoms with E-state index in [4.69, 9.17) is 10.00 Å². The zero-order valence-corrected chi connectivity index (χ0v) is 17.4. The van der Waals surface area contributed by atoms with Crippen molar-refractivity contribution in [3.63, 3.8) is 0 Å². The number of carbonyl (C=O) groups excluding carboxylic acids is 1. The van der Waals surface area contributed by atoms with E-state index in [2.05, 4.69) is 40.3 Å². The van der Waals surface area contributed by atoms with Crippen LogP contribution in [0.1, 0.15) is 35.7 Å². The third kappa shape index (κ3) is 4.22. The van der Waals surface area contributed by atoms with Crippen LogP contribution in [0.4, 0.5) is 0 Å². The van der Waals surface area contributed by atoms with E-state index in [9.17, 15) is 4.79 Å². The van der Waals surface area contributed by atoms with Crippen molar-refractivity contribution in [1.29, 1.82) is 5.26 Å². The maximum Gasteiger partial charge on any atom is 0.225 e. The largest absolute Gasteiger partial charge is 0.487 e. The Morgan fingerprint density at radius 2 is 2.13 bits per heavy atom. The van der Waals surface area contributed by atoms with Gasteiger partial charge in [0.15, 0.2) is 0 Å². The Balaban J connectivity index is 1.39. The van der Waals surface area contributed by atoms with Gasteiger partial charge in [0.2, 0.25) is 5.91 Å². The van der Waals surface area contributed by atoms with Crippen LogP contribution in [0.3, 0.4) is 0 Å². The summed E-state index contributed by atoms with van der Waals surface area (Å²) < 4.78 is 5.92. The number of benzene rings is 1. The van der Waals surface area contributed by atoms with Gasteiger partial charge in [-0.25, -0.2) is 0 Å². The Labute approximate surface area is 177 Å². The molecule has 0 spiro atoms. The van der Waals surface area contributed by atoms with Crippen LogP contribution in [0.2, 0.25) is 0 Å². The van der Waals surface area contributed by atoms with Crippen molar-refractivity contribution in [3.8, 4) is 11.8 Å². The molecule has 0 radical (unpaired) electrons. The summed E-state index contributed by atoms with van der Waals surface area (Å²) in [6, 6.07) is 11.8. The van der Waals surface area contributed by atoms with Gasteiger partial charge in [0.25, 0.3) is 0 Å². The fraction of sp³-hybridized carbons (Fsp3) is 0.375. The second-order valence-electron chi connectivity index (χ2n) is 7.99. The summed E-state index contributed by atoms with van der Waals surface area (Å²) in [6.07, 6.45) is 3.66. The highest BCUT2D eigenvalue weighted by Gasteiger charge is 2.32. The quantitative estimate of drug-likeness (QED) is 0.804. The molecule has 0 saturated carbocycles. The topological polar surface area (TPSA) is 78.3 Å². The summed E-state index contributed by atoms with van der Waals surface area (Å²) in [5.41, 5.74) is 6.73. The number of hydrogen-bond donors (Lipinski definition) is 1. The Kier molecular flexibility index (Phi) is 5.82. The predicted molar refractivity (Wildman–Crippen MR) is 115 cm³/mol. The van der Waals surface area contributed by atoms with Crippen LogP contribution in [0, 0.1) is 17.2 Å². The summed E-state index contributed by atoms with van der Waals surface area (Å²) in [5.74, 6) is 1.10. The standard InChI is InChI=1S/C24H26N4O2/c1-16-19(12-28-13-20(14-28)24(29)26-2)4-3-18-10-22(5-6-23(16)18)30-15-21-9-17(11-25)7-8-27-21/h5-10,20H,3-4,12-15H2,1-2H3,(H,26,29). The van der Waals surface area contributed by atoms with Crippen molar-refractivity contribution in [2.24, 2.45) is 5.92 Å². The van der Waals surface area contributed by atoms with Gasteiger partial charge in [-0.1, -0.05) is 11.6 Å². The van der Waals surface area contributed by atoms with Crippen LogP contribution in [0.15, 0.2) is 42.1 Å². The molecule has 1 N–H and O–H groups in total. The van der Waals surface area contributed by atoms with Crippen LogP contribution in [0.25, 0.3) is 5.57 Å². The van der Waals surface area contributed by atoms with Gasteiger partial charge in [-0.05, 0) is 60.7 Å². The molecule has 1 aliphatic heterocycles. The normalized spacial score (nSPS) is 16.4. The molecule has 0 unspecified atom stereocenters. The first kappa shape index (κ1) is 20.1. The van der Waals surface area contributed by atoms with Crippen molar-refractivity contribution in [3.05, 3.63) is 64.5 Å². The number of nitrogens with zero attached hydrogens (tertiary/aromatic N) is 3. The Bertz CT molecular complexity index is 1030. The third-order valence-corrected chi connectivity index (χ3v) is 6.03. The minimum Gasteiger partial charge on any atom is -0.487 e. The van der Waals surface area contributed by atoms with Gasteiger partial charge >= 0.3 is 0 Å². The number of aromatic nitrogens is 1. The smallest absolute Gasteiger partial charge is 0.225 e. The number of fused-ring (bicyclic) bond motifs is 1. The van der Waals surface area contributed by atoms with Gasteiger partial charge in [0, 0.05) is 32.9 Å². The number of likely N-dealkylation sites (tertiary alicyclic amines) is 1. The fourth-order valence-corrected chi connectivity index (χ4v) is 4.22. The minimum atomic E-state index is 0.134. The van der Waals surface area contributed by atoms with Gasteiger partial charge < -0.3 is 10.1 Å². The number of pyridine rings is 1. The van der Waals surface area contributed by atoms with E-state index >= 15 is 0 Å². The number of amides is 1. The molecule has 0 atom stereocenters. The molecule has 0 bridgehead atoms. The number of aryl methyl sites for hydroxylation is 1. The van der Waals surface area contributed by atoms with E-state index in [1.807, 2.05) is 6.07 Å². The number of allylic oxidation sites excluding steroid dienone is 1. The van der Waals surface area contributed by atoms with Gasteiger partial charge in [-0.15, -0.1) is 0 Å². The minimum absolute atomic E-state index is 0.134. The molecule has 1 fully saturated rings. The highest BCUT2D eigenvalue weighted by atomic mass is 16.5. The van der Waals surface area contributed by atoms with E-state index in [1.54, 1.807) is 25.4 Å². The average Bonchev–Trinajstić information content (AvgIpc) is 2.75. The lowest BCUT2D eigenvalue weighted by Gasteiger charge is -2.39. The summed E-state index contributed by atoms with van der Waals surface area (Å²) in [6.45, 7) is 5.17. The molecule has 2 aliphatic rings. The molecule has 1 aromatic heterocycles. The lowest BCUT2D eigenvalue weighted by molar-refractivity contribution is -0.129. The summed E-state index contributed by atoms with van der Waals surface area (Å²) in [4.78, 5) is 18.3. The highest BCUT2D eigenvalue weighted by Crippen LogP contribution is 2.34. The van der Waals surface area contributed by atoms with Gasteiger partial charge in [0.1, 0.15) is 12.4 Å². The van der Waals surface area contributed by atoms with E-state index in [0.717, 1.165) is 43.9 Å². The first-order valence-corrected chi connectivity index (χ1v) is 10.3. The van der Waals surface area contributed by atoms with Crippen LogP contribution >= 0.6 is 0 Å². The van der Waals surface area contributed by atoms with E-state index in [1.165, 1.54) is 22.3 Å². The van der Waals surface area contributed by atoms with E-state index in [0.29, 0.717) is 12.2 Å². The molecule has 1 amide bonds. The van der Waals surface area contributed by atoms with Crippen molar-refractivity contribution in [2.45, 2.75) is 26.4 Å². The van der Waals surface area contributed by atoms with E-state index < -0.39 is 0 Å². The molecule has 6 heteroatoms. The third-order valence-electron chi connectivity index (χ3n) is 6.03. The Hall–Kier alpha value is -3.17. The van der Waals surface area contributed by atoms with Crippen LogP contribution in [-0.2, 0) is 17.8 Å². The summed E-state index contributed by atoms with van der Waals surface area (Å²) >= 11 is 0. The lowest BCUT2D eigenvalue weighted by Crippen LogP contribution is -2.53. The molecule has 1 aromatic carbocycles. The van der Waals surface area contributed by atoms with Gasteiger partial charge in [-0.3, -0.25) is 14.7 Å². The number of rotatable bonds is 6. The molecule has 30 heavy (non-hydrogen) atoms. The summed E-state index contributed by atoms with van der Waals surface area (Å²) in [5, 5.41) is 11.7. The number of nitriles is 1. The fourth-order valence-electron chi connectivity index (χ4n) is 4.22. The highest BCUT2D eigenvalue weighted by molar-refractivity contribution is 5.79. The Morgan fingerprint density at radius 3 is 2.90 bits per heavy atom. The number of nitrogens with one attached hydrogen (secondary N) is 1. The van der Waals surface area contributed by atoms with Crippen molar-refractivity contribution < 1.29 is 9.53 Å². The van der Waals surface area contributed by atoms with E-state index in [-0.39, 0.29) is 11.8 Å². The first-order chi connectivity index (χ1) is 14.6. The SMILES string of the molecule is CNC(=O)C1CN(CC2=C(C)c3ccc(OCc4cc(C#N)ccn4)cc3CC2)C1. The molecule has 1 aliphatic carbocycles. The second-order valence-corrected chi connectivity index (χ2v) is 7.99. The molecule has 154 valence electrons. The molecule has 2 heterocycles. The van der Waals surface area contributed by atoms with Crippen molar-refractivity contribution in [2.75, 3.05) is 26.7 Å². The number of ether oxygens (including phenoxy) is 1. The van der Waals surface area contributed by atoms with Gasteiger partial charge in [0.05, 0.1) is 23.2 Å². The van der Waals surface area contributed by atoms with Gasteiger partial charge in [-0.2, -0.15) is 5.26 Å². The van der Waals surface area contributed by atoms with Crippen molar-refractivity contribution >= 4 is 11.5 Å². The predicted octanol–water partition coefficient (Wildman–Crippen LogP) is 2.93. The summed E-state index contributed by atoms with van der Waals surface area (Å²) in [7, 11) is 1.70. The van der Waals surface area contributed by atoms with Crippen molar-refractivity contribution in [1.82, 2.24) is 15.2 Å². The van der Waals surface area contributed by atoms with Crippen LogP contribution < -0.4 is 10.1 Å². The maximum absolute atomic E-state index is 11.7. The zero-order chi connectivity index (χ0) is 21.1. The molecular formula is C24H26N4O2.